The second-order valence-corrected chi connectivity index (χ2v) is 9.52. The SMILES string of the molecule is CCn1cc(S(=O)(=O)N2CC3CCCC3(COc3ncc(F)cn3)C2)nc1C. The van der Waals surface area contributed by atoms with E-state index in [0.29, 0.717) is 32.1 Å². The molecule has 0 aromatic carbocycles. The highest BCUT2D eigenvalue weighted by Gasteiger charge is 2.53. The monoisotopic (exact) mass is 409 g/mol. The van der Waals surface area contributed by atoms with Gasteiger partial charge in [0.1, 0.15) is 5.82 Å². The van der Waals surface area contributed by atoms with E-state index >= 15 is 0 Å². The smallest absolute Gasteiger partial charge is 0.316 e. The molecule has 2 atom stereocenters. The zero-order valence-electron chi connectivity index (χ0n) is 16.0. The molecule has 2 fully saturated rings. The van der Waals surface area contributed by atoms with Crippen molar-refractivity contribution < 1.29 is 17.5 Å². The minimum atomic E-state index is -3.65. The van der Waals surface area contributed by atoms with Crippen LogP contribution in [0.3, 0.4) is 0 Å². The highest BCUT2D eigenvalue weighted by molar-refractivity contribution is 7.89. The summed E-state index contributed by atoms with van der Waals surface area (Å²) in [7, 11) is -3.65. The summed E-state index contributed by atoms with van der Waals surface area (Å²) in [6.45, 7) is 5.60. The van der Waals surface area contributed by atoms with E-state index in [4.69, 9.17) is 4.74 Å². The summed E-state index contributed by atoms with van der Waals surface area (Å²) in [5, 5.41) is 0.102. The minimum absolute atomic E-state index is 0.102. The van der Waals surface area contributed by atoms with E-state index in [-0.39, 0.29) is 22.4 Å². The number of hydrogen-bond donors (Lipinski definition) is 0. The fourth-order valence-corrected chi connectivity index (χ4v) is 6.00. The molecule has 1 saturated carbocycles. The molecule has 152 valence electrons. The van der Waals surface area contributed by atoms with Gasteiger partial charge in [-0.1, -0.05) is 6.42 Å². The zero-order valence-corrected chi connectivity index (χ0v) is 16.8. The average molecular weight is 409 g/mol. The summed E-state index contributed by atoms with van der Waals surface area (Å²) in [5.74, 6) is 0.383. The third-order valence-electron chi connectivity index (χ3n) is 5.99. The van der Waals surface area contributed by atoms with Gasteiger partial charge in [0.2, 0.25) is 0 Å². The van der Waals surface area contributed by atoms with E-state index in [1.54, 1.807) is 13.1 Å². The van der Waals surface area contributed by atoms with E-state index in [0.717, 1.165) is 31.7 Å². The second kappa shape index (κ2) is 7.07. The number of fused-ring (bicyclic) bond motifs is 1. The van der Waals surface area contributed by atoms with Gasteiger partial charge in [-0.15, -0.1) is 0 Å². The highest BCUT2D eigenvalue weighted by Crippen LogP contribution is 2.50. The van der Waals surface area contributed by atoms with E-state index in [1.807, 2.05) is 11.5 Å². The fourth-order valence-electron chi connectivity index (χ4n) is 4.42. The molecule has 8 nitrogen and oxygen atoms in total. The number of aryl methyl sites for hydroxylation is 2. The number of imidazole rings is 1. The minimum Gasteiger partial charge on any atom is -0.463 e. The van der Waals surface area contributed by atoms with E-state index in [1.165, 1.54) is 4.31 Å². The van der Waals surface area contributed by atoms with Crippen LogP contribution in [0.25, 0.3) is 0 Å². The van der Waals surface area contributed by atoms with Crippen molar-refractivity contribution in [3.8, 4) is 6.01 Å². The third-order valence-corrected chi connectivity index (χ3v) is 7.68. The average Bonchev–Trinajstić information content (AvgIpc) is 3.33. The molecule has 2 unspecified atom stereocenters. The maximum Gasteiger partial charge on any atom is 0.316 e. The van der Waals surface area contributed by atoms with Gasteiger partial charge in [0.25, 0.3) is 10.0 Å². The first-order valence-electron chi connectivity index (χ1n) is 9.48. The Morgan fingerprint density at radius 1 is 1.36 bits per heavy atom. The second-order valence-electron chi connectivity index (χ2n) is 7.63. The Morgan fingerprint density at radius 3 is 2.79 bits per heavy atom. The maximum atomic E-state index is 13.1. The lowest BCUT2D eigenvalue weighted by Crippen LogP contribution is -2.36. The maximum absolute atomic E-state index is 13.1. The number of nitrogens with zero attached hydrogens (tertiary/aromatic N) is 5. The summed E-state index contributed by atoms with van der Waals surface area (Å²) >= 11 is 0. The van der Waals surface area contributed by atoms with Crippen molar-refractivity contribution in [2.75, 3.05) is 19.7 Å². The molecule has 2 aromatic heterocycles. The first kappa shape index (κ1) is 19.3. The standard InChI is InChI=1S/C18H24FN5O3S/c1-3-23-10-16(22-13(23)2)28(25,26)24-9-14-5-4-6-18(14,11-24)12-27-17-20-7-15(19)8-21-17/h7-8,10,14H,3-6,9,11-12H2,1-2H3. The van der Waals surface area contributed by atoms with Crippen LogP contribution in [0.15, 0.2) is 23.6 Å². The summed E-state index contributed by atoms with van der Waals surface area (Å²) in [5.41, 5.74) is -0.271. The normalized spacial score (nSPS) is 25.2. The van der Waals surface area contributed by atoms with E-state index in [2.05, 4.69) is 15.0 Å². The van der Waals surface area contributed by atoms with E-state index < -0.39 is 15.8 Å². The lowest BCUT2D eigenvalue weighted by molar-refractivity contribution is 0.125. The number of sulfonamides is 1. The van der Waals surface area contributed by atoms with Crippen LogP contribution in [0.4, 0.5) is 4.39 Å². The van der Waals surface area contributed by atoms with Crippen molar-refractivity contribution >= 4 is 10.0 Å². The molecule has 0 N–H and O–H groups in total. The molecule has 0 radical (unpaired) electrons. The van der Waals surface area contributed by atoms with Crippen LogP contribution in [0.1, 0.15) is 32.0 Å². The number of hydrogen-bond acceptors (Lipinski definition) is 6. The molecule has 2 aliphatic rings. The van der Waals surface area contributed by atoms with Gasteiger partial charge in [-0.3, -0.25) is 0 Å². The predicted octanol–water partition coefficient (Wildman–Crippen LogP) is 2.01. The van der Waals surface area contributed by atoms with Crippen LogP contribution >= 0.6 is 0 Å². The highest BCUT2D eigenvalue weighted by atomic mass is 32.2. The van der Waals surface area contributed by atoms with Crippen molar-refractivity contribution in [3.63, 3.8) is 0 Å². The van der Waals surface area contributed by atoms with Crippen LogP contribution in [-0.2, 0) is 16.6 Å². The molecule has 1 aliphatic carbocycles. The van der Waals surface area contributed by atoms with Gasteiger partial charge in [0, 0.05) is 31.2 Å². The van der Waals surface area contributed by atoms with Crippen LogP contribution < -0.4 is 4.74 Å². The van der Waals surface area contributed by atoms with Crippen LogP contribution in [0.5, 0.6) is 6.01 Å². The fraction of sp³-hybridized carbons (Fsp3) is 0.611. The van der Waals surface area contributed by atoms with Crippen LogP contribution in [0, 0.1) is 24.1 Å². The molecule has 0 spiro atoms. The van der Waals surface area contributed by atoms with E-state index in [9.17, 15) is 12.8 Å². The van der Waals surface area contributed by atoms with Gasteiger partial charge < -0.3 is 9.30 Å². The molecule has 2 aromatic rings. The van der Waals surface area contributed by atoms with Crippen molar-refractivity contribution in [3.05, 3.63) is 30.2 Å². The Balaban J connectivity index is 1.53. The topological polar surface area (TPSA) is 90.2 Å². The number of ether oxygens (including phenoxy) is 1. The first-order chi connectivity index (χ1) is 13.3. The quantitative estimate of drug-likeness (QED) is 0.725. The number of aromatic nitrogens is 4. The Kier molecular flexibility index (Phi) is 4.86. The molecule has 4 rings (SSSR count). The molecule has 10 heteroatoms. The van der Waals surface area contributed by atoms with Gasteiger partial charge in [0.15, 0.2) is 10.8 Å². The molecule has 0 amide bonds. The molecular weight excluding hydrogens is 385 g/mol. The molecule has 3 heterocycles. The molecule has 1 aliphatic heterocycles. The molecule has 1 saturated heterocycles. The van der Waals surface area contributed by atoms with Crippen molar-refractivity contribution in [1.82, 2.24) is 23.8 Å². The predicted molar refractivity (Wildman–Crippen MR) is 98.7 cm³/mol. The van der Waals surface area contributed by atoms with Crippen molar-refractivity contribution in [2.45, 2.75) is 44.7 Å². The Labute approximate surface area is 163 Å². The molecule has 0 bridgehead atoms. The van der Waals surface area contributed by atoms with Gasteiger partial charge >= 0.3 is 6.01 Å². The van der Waals surface area contributed by atoms with Gasteiger partial charge in [-0.25, -0.2) is 27.8 Å². The largest absolute Gasteiger partial charge is 0.463 e. The van der Waals surface area contributed by atoms with Gasteiger partial charge in [-0.05, 0) is 32.6 Å². The Hall–Kier alpha value is -2.07. The van der Waals surface area contributed by atoms with Crippen LogP contribution in [0.2, 0.25) is 0 Å². The molecular formula is C18H24FN5O3S. The van der Waals surface area contributed by atoms with Crippen molar-refractivity contribution in [2.24, 2.45) is 11.3 Å². The zero-order chi connectivity index (χ0) is 19.9. The number of halogens is 1. The summed E-state index contributed by atoms with van der Waals surface area (Å²) in [4.78, 5) is 11.9. The van der Waals surface area contributed by atoms with Crippen molar-refractivity contribution in [1.29, 1.82) is 0 Å². The Morgan fingerprint density at radius 2 is 2.11 bits per heavy atom. The lowest BCUT2D eigenvalue weighted by Gasteiger charge is -2.28. The number of rotatable bonds is 6. The van der Waals surface area contributed by atoms with Gasteiger partial charge in [0.05, 0.1) is 19.0 Å². The summed E-state index contributed by atoms with van der Waals surface area (Å²) in [6, 6.07) is 0.111. The van der Waals surface area contributed by atoms with Crippen LogP contribution in [-0.4, -0.2) is 51.9 Å². The summed E-state index contributed by atoms with van der Waals surface area (Å²) < 4.78 is 48.4. The Bertz CT molecular complexity index is 962. The molecule has 28 heavy (non-hydrogen) atoms. The lowest BCUT2D eigenvalue weighted by atomic mass is 9.82. The van der Waals surface area contributed by atoms with Gasteiger partial charge in [-0.2, -0.15) is 4.31 Å². The summed E-state index contributed by atoms with van der Waals surface area (Å²) in [6.07, 6.45) is 6.60. The first-order valence-corrected chi connectivity index (χ1v) is 10.9. The third kappa shape index (κ3) is 3.28.